The third kappa shape index (κ3) is 3.41. The zero-order chi connectivity index (χ0) is 24.9. The summed E-state index contributed by atoms with van der Waals surface area (Å²) in [5.74, 6) is -0.993. The van der Waals surface area contributed by atoms with Crippen molar-refractivity contribution >= 4 is 34.7 Å². The van der Waals surface area contributed by atoms with E-state index in [0.29, 0.717) is 12.2 Å². The molecule has 11 heteroatoms. The average Bonchev–Trinajstić information content (AvgIpc) is 3.57. The van der Waals surface area contributed by atoms with Crippen molar-refractivity contribution in [2.24, 2.45) is 5.92 Å². The molecule has 3 N–H and O–H groups in total. The summed E-state index contributed by atoms with van der Waals surface area (Å²) in [5.41, 5.74) is 3.97. The summed E-state index contributed by atoms with van der Waals surface area (Å²) in [4.78, 5) is 27.0. The number of amides is 2. The first-order valence-corrected chi connectivity index (χ1v) is 10.1. The smallest absolute Gasteiger partial charge is 0.273 e. The van der Waals surface area contributed by atoms with E-state index in [2.05, 4.69) is 31.1 Å². The van der Waals surface area contributed by atoms with Crippen LogP contribution in [0.5, 0.6) is 0 Å². The lowest BCUT2D eigenvalue weighted by Gasteiger charge is -2.30. The second-order valence-electron chi connectivity index (χ2n) is 7.90. The van der Waals surface area contributed by atoms with E-state index in [0.717, 1.165) is 35.6 Å². The maximum atomic E-state index is 12.7. The number of fused-ring (bicyclic) bond motifs is 3. The van der Waals surface area contributed by atoms with Crippen molar-refractivity contribution in [1.29, 1.82) is 0 Å². The summed E-state index contributed by atoms with van der Waals surface area (Å²) in [5, 5.41) is 24.1. The van der Waals surface area contributed by atoms with E-state index in [1.807, 2.05) is 42.4 Å². The number of aromatic nitrogens is 5. The van der Waals surface area contributed by atoms with Gasteiger partial charge in [0.05, 0.1) is 40.7 Å². The number of rotatable bonds is 5. The van der Waals surface area contributed by atoms with Gasteiger partial charge in [-0.15, -0.1) is 15.3 Å². The lowest BCUT2D eigenvalue weighted by Crippen LogP contribution is -2.27. The van der Waals surface area contributed by atoms with Gasteiger partial charge >= 0.3 is 0 Å². The Labute approximate surface area is 188 Å². The molecule has 1 saturated carbocycles. The number of hydrogen-bond acceptors (Lipinski definition) is 8. The van der Waals surface area contributed by atoms with Crippen LogP contribution >= 0.6 is 0 Å². The first-order valence-electron chi connectivity index (χ1n) is 11.6. The van der Waals surface area contributed by atoms with E-state index in [1.165, 1.54) is 6.07 Å². The van der Waals surface area contributed by atoms with Gasteiger partial charge in [-0.3, -0.25) is 9.59 Å². The first kappa shape index (κ1) is 16.6. The fraction of sp³-hybridized carbons (Fsp3) is 0.333. The zero-order valence-corrected chi connectivity index (χ0v) is 17.5. The normalized spacial score (nSPS) is 16.2. The number of carbonyl (C=O) groups is 2. The van der Waals surface area contributed by atoms with Crippen LogP contribution < -0.4 is 20.9 Å². The van der Waals surface area contributed by atoms with Crippen LogP contribution in [0.1, 0.15) is 38.8 Å². The SMILES string of the molecule is [2H]C([2H])([2H])NC(=O)c1nnc(NC(=O)C2CC2)cc1Nc1cccc2c1N(C)Cc1c(C)nnn1-2. The minimum atomic E-state index is -2.71. The fourth-order valence-corrected chi connectivity index (χ4v) is 3.75. The number of hydrogen-bond donors (Lipinski definition) is 3. The number of nitrogens with zero attached hydrogens (tertiary/aromatic N) is 6. The summed E-state index contributed by atoms with van der Waals surface area (Å²) in [7, 11) is 1.92. The Morgan fingerprint density at radius 3 is 2.81 bits per heavy atom. The molecule has 32 heavy (non-hydrogen) atoms. The summed E-state index contributed by atoms with van der Waals surface area (Å²) in [6.07, 6.45) is 1.63. The van der Waals surface area contributed by atoms with Gasteiger partial charge in [-0.1, -0.05) is 11.3 Å². The highest BCUT2D eigenvalue weighted by Crippen LogP contribution is 2.39. The Bertz CT molecular complexity index is 1330. The van der Waals surface area contributed by atoms with Gasteiger partial charge in [0.15, 0.2) is 11.5 Å². The van der Waals surface area contributed by atoms with Crippen molar-refractivity contribution in [1.82, 2.24) is 30.5 Å². The monoisotopic (exact) mass is 436 g/mol. The first-order chi connectivity index (χ1) is 16.6. The van der Waals surface area contributed by atoms with Gasteiger partial charge < -0.3 is 20.9 Å². The van der Waals surface area contributed by atoms with E-state index in [4.69, 9.17) is 4.11 Å². The number of nitrogens with one attached hydrogen (secondary N) is 3. The van der Waals surface area contributed by atoms with Gasteiger partial charge in [0.2, 0.25) is 5.91 Å². The second-order valence-corrected chi connectivity index (χ2v) is 7.90. The predicted octanol–water partition coefficient (Wildman–Crippen LogP) is 1.77. The highest BCUT2D eigenvalue weighted by molar-refractivity contribution is 6.00. The number of para-hydroxylation sites is 1. The molecule has 0 bridgehead atoms. The maximum Gasteiger partial charge on any atom is 0.273 e. The summed E-state index contributed by atoms with van der Waals surface area (Å²) < 4.78 is 23.9. The molecular formula is C21H23N9O2. The van der Waals surface area contributed by atoms with Crippen LogP contribution in [-0.2, 0) is 11.3 Å². The molecule has 0 atom stereocenters. The van der Waals surface area contributed by atoms with Gasteiger partial charge in [-0.25, -0.2) is 4.68 Å². The van der Waals surface area contributed by atoms with Gasteiger partial charge in [-0.05, 0) is 31.9 Å². The third-order valence-electron chi connectivity index (χ3n) is 5.56. The van der Waals surface area contributed by atoms with Crippen molar-refractivity contribution in [2.45, 2.75) is 26.3 Å². The zero-order valence-electron chi connectivity index (χ0n) is 20.5. The lowest BCUT2D eigenvalue weighted by atomic mass is 10.1. The number of carbonyl (C=O) groups excluding carboxylic acids is 2. The molecule has 1 aliphatic heterocycles. The second kappa shape index (κ2) is 7.59. The van der Waals surface area contributed by atoms with Crippen LogP contribution in [0.2, 0.25) is 0 Å². The van der Waals surface area contributed by atoms with E-state index in [9.17, 15) is 9.59 Å². The molecule has 1 aromatic carbocycles. The molecule has 0 spiro atoms. The van der Waals surface area contributed by atoms with E-state index >= 15 is 0 Å². The fourth-order valence-electron chi connectivity index (χ4n) is 3.75. The van der Waals surface area contributed by atoms with Crippen LogP contribution in [0.25, 0.3) is 5.69 Å². The van der Waals surface area contributed by atoms with E-state index < -0.39 is 12.9 Å². The minimum Gasteiger partial charge on any atom is -0.365 e. The van der Waals surface area contributed by atoms with Crippen LogP contribution in [0, 0.1) is 12.8 Å². The lowest BCUT2D eigenvalue weighted by molar-refractivity contribution is -0.117. The highest BCUT2D eigenvalue weighted by Gasteiger charge is 2.30. The molecule has 3 aromatic rings. The standard InChI is InChI=1S/C21H23N9O2/c1-11-16-10-29(3)19-13(5-4-6-15(19)30(16)28-25-11)23-14-9-17(24-20(31)12-7-8-12)26-27-18(14)21(32)22-2/h4-6,9,12H,7-8,10H2,1-3H3,(H,22,32)(H2,23,24,26,31)/i2D3. The van der Waals surface area contributed by atoms with Crippen molar-refractivity contribution < 1.29 is 13.7 Å². The Kier molecular flexibility index (Phi) is 3.95. The van der Waals surface area contributed by atoms with Crippen LogP contribution in [0.4, 0.5) is 22.9 Å². The number of aryl methyl sites for hydroxylation is 1. The molecule has 2 aromatic heterocycles. The van der Waals surface area contributed by atoms with Gasteiger partial charge in [-0.2, -0.15) is 0 Å². The Morgan fingerprint density at radius 2 is 2.03 bits per heavy atom. The third-order valence-corrected chi connectivity index (χ3v) is 5.56. The van der Waals surface area contributed by atoms with E-state index in [-0.39, 0.29) is 29.0 Å². The molecule has 1 aliphatic carbocycles. The average molecular weight is 436 g/mol. The Hall–Kier alpha value is -4.02. The molecule has 164 valence electrons. The van der Waals surface area contributed by atoms with Crippen LogP contribution in [0.15, 0.2) is 24.3 Å². The largest absolute Gasteiger partial charge is 0.365 e. The van der Waals surface area contributed by atoms with Gasteiger partial charge in [0.1, 0.15) is 0 Å². The molecule has 0 radical (unpaired) electrons. The Morgan fingerprint density at radius 1 is 1.19 bits per heavy atom. The number of benzene rings is 1. The minimum absolute atomic E-state index is 0.0538. The van der Waals surface area contributed by atoms with E-state index in [1.54, 1.807) is 4.68 Å². The molecule has 3 heterocycles. The summed E-state index contributed by atoms with van der Waals surface area (Å²) in [6, 6.07) is 7.02. The molecule has 2 amide bonds. The van der Waals surface area contributed by atoms with Crippen molar-refractivity contribution in [3.63, 3.8) is 0 Å². The molecule has 1 fully saturated rings. The molecule has 0 unspecified atom stereocenters. The van der Waals surface area contributed by atoms with Crippen LogP contribution in [-0.4, -0.2) is 51.0 Å². The van der Waals surface area contributed by atoms with Crippen molar-refractivity contribution in [2.75, 3.05) is 29.6 Å². The molecule has 2 aliphatic rings. The van der Waals surface area contributed by atoms with Gasteiger partial charge in [0.25, 0.3) is 5.91 Å². The number of anilines is 4. The maximum absolute atomic E-state index is 12.7. The molecule has 5 rings (SSSR count). The molecular weight excluding hydrogens is 410 g/mol. The molecule has 11 nitrogen and oxygen atoms in total. The highest BCUT2D eigenvalue weighted by atomic mass is 16.2. The summed E-state index contributed by atoms with van der Waals surface area (Å²) >= 11 is 0. The van der Waals surface area contributed by atoms with Gasteiger partial charge in [0, 0.05) is 30.1 Å². The topological polar surface area (TPSA) is 130 Å². The molecule has 0 saturated heterocycles. The van der Waals surface area contributed by atoms with Crippen LogP contribution in [0.3, 0.4) is 0 Å². The summed E-state index contributed by atoms with van der Waals surface area (Å²) in [6.45, 7) is -0.244. The van der Waals surface area contributed by atoms with Crippen molar-refractivity contribution in [3.8, 4) is 5.69 Å². The van der Waals surface area contributed by atoms with Crippen molar-refractivity contribution in [3.05, 3.63) is 41.3 Å². The Balaban J connectivity index is 1.54. The predicted molar refractivity (Wildman–Crippen MR) is 118 cm³/mol. The quantitative estimate of drug-likeness (QED) is 0.552.